The summed E-state index contributed by atoms with van der Waals surface area (Å²) in [6.07, 6.45) is -0.985. The normalized spacial score (nSPS) is 10.8. The summed E-state index contributed by atoms with van der Waals surface area (Å²) < 4.78 is 43.5. The van der Waals surface area contributed by atoms with Gasteiger partial charge in [0, 0.05) is 10.1 Å². The van der Waals surface area contributed by atoms with Gasteiger partial charge in [-0.15, -0.1) is 22.4 Å². The van der Waals surface area contributed by atoms with E-state index in [1.54, 1.807) is 26.2 Å². The molecule has 41 heavy (non-hydrogen) atoms. The van der Waals surface area contributed by atoms with Gasteiger partial charge in [0.15, 0.2) is 0 Å². The van der Waals surface area contributed by atoms with Crippen molar-refractivity contribution in [2.75, 3.05) is 13.8 Å². The van der Waals surface area contributed by atoms with Crippen molar-refractivity contribution in [1.29, 1.82) is 0 Å². The molecule has 0 aliphatic rings. The summed E-state index contributed by atoms with van der Waals surface area (Å²) in [6.45, 7) is 16.0. The predicted molar refractivity (Wildman–Crippen MR) is 175 cm³/mol. The Balaban J connectivity index is 0. The highest BCUT2D eigenvalue weighted by Gasteiger charge is 2.30. The first-order valence-corrected chi connectivity index (χ1v) is 14.8. The van der Waals surface area contributed by atoms with Gasteiger partial charge in [0.2, 0.25) is 0 Å². The largest absolute Gasteiger partial charge is 0.573 e. The highest BCUT2D eigenvalue weighted by molar-refractivity contribution is 7.15. The van der Waals surface area contributed by atoms with E-state index in [0.717, 1.165) is 21.4 Å². The van der Waals surface area contributed by atoms with Crippen LogP contribution in [0.2, 0.25) is 5.02 Å². The zero-order chi connectivity index (χ0) is 32.0. The van der Waals surface area contributed by atoms with Crippen LogP contribution in [0, 0.1) is 20.8 Å². The molecule has 0 saturated heterocycles. The van der Waals surface area contributed by atoms with Crippen molar-refractivity contribution in [3.05, 3.63) is 123 Å². The Labute approximate surface area is 257 Å². The minimum atomic E-state index is -4.60. The lowest BCUT2D eigenvalue weighted by molar-refractivity contribution is -0.274. The number of aryl methyl sites for hydroxylation is 3. The van der Waals surface area contributed by atoms with E-state index in [-0.39, 0.29) is 5.75 Å². The van der Waals surface area contributed by atoms with E-state index in [4.69, 9.17) is 27.9 Å². The molecule has 0 saturated carbocycles. The number of halogens is 5. The Hall–Kier alpha value is -2.46. The highest BCUT2D eigenvalue weighted by Crippen LogP contribution is 2.23. The van der Waals surface area contributed by atoms with Crippen LogP contribution in [0.1, 0.15) is 55.9 Å². The van der Waals surface area contributed by atoms with Crippen LogP contribution in [0.5, 0.6) is 5.75 Å². The molecule has 0 aliphatic carbocycles. The van der Waals surface area contributed by atoms with Crippen molar-refractivity contribution in [2.24, 2.45) is 0 Å². The molecule has 8 heteroatoms. The summed E-state index contributed by atoms with van der Waals surface area (Å²) >= 11 is 11.2. The van der Waals surface area contributed by atoms with Gasteiger partial charge in [-0.1, -0.05) is 97.8 Å². The summed E-state index contributed by atoms with van der Waals surface area (Å²) in [5, 5.41) is 1.53. The minimum absolute atomic E-state index is 0.178. The van der Waals surface area contributed by atoms with E-state index in [1.165, 1.54) is 34.9 Å². The average Bonchev–Trinajstić information content (AvgIpc) is 2.90. The summed E-state index contributed by atoms with van der Waals surface area (Å²) in [5.74, 6) is 1.27. The highest BCUT2D eigenvalue weighted by atomic mass is 35.5. The SMILES string of the molecule is C/C=C(\C=C(/C)Cl)OC.CP.Cc1ccc(Cl)cc1.Cc1cccc(OC(F)(F)F)c1.Cc1ccccc1C(C)C. The van der Waals surface area contributed by atoms with E-state index in [1.807, 2.05) is 57.8 Å². The molecule has 2 nitrogen and oxygen atoms in total. The Morgan fingerprint density at radius 1 is 0.878 bits per heavy atom. The average molecular weight is 632 g/mol. The maximum Gasteiger partial charge on any atom is 0.573 e. The fourth-order valence-electron chi connectivity index (χ4n) is 3.04. The van der Waals surface area contributed by atoms with Crippen molar-refractivity contribution in [3.63, 3.8) is 0 Å². The Kier molecular flexibility index (Phi) is 23.0. The summed E-state index contributed by atoms with van der Waals surface area (Å²) in [6, 6.07) is 22.1. The lowest BCUT2D eigenvalue weighted by Crippen LogP contribution is -2.17. The maximum absolute atomic E-state index is 11.7. The van der Waals surface area contributed by atoms with Gasteiger partial charge in [-0.05, 0) is 93.6 Å². The van der Waals surface area contributed by atoms with Crippen LogP contribution in [0.15, 0.2) is 95.7 Å². The second-order valence-electron chi connectivity index (χ2n) is 8.80. The minimum Gasteiger partial charge on any atom is -0.497 e. The molecule has 0 radical (unpaired) electrons. The van der Waals surface area contributed by atoms with Crippen molar-refractivity contribution in [3.8, 4) is 5.75 Å². The molecule has 0 amide bonds. The van der Waals surface area contributed by atoms with Gasteiger partial charge < -0.3 is 9.47 Å². The topological polar surface area (TPSA) is 18.5 Å². The number of ether oxygens (including phenoxy) is 2. The lowest BCUT2D eigenvalue weighted by Gasteiger charge is -2.08. The monoisotopic (exact) mass is 630 g/mol. The van der Waals surface area contributed by atoms with Gasteiger partial charge in [0.05, 0.1) is 7.11 Å². The van der Waals surface area contributed by atoms with Crippen LogP contribution in [-0.2, 0) is 4.74 Å². The number of rotatable bonds is 4. The zero-order valence-electron chi connectivity index (χ0n) is 25.4. The number of allylic oxidation sites excluding steroid dienone is 3. The third-order valence-corrected chi connectivity index (χ3v) is 5.27. The van der Waals surface area contributed by atoms with Crippen LogP contribution in [-0.4, -0.2) is 20.1 Å². The zero-order valence-corrected chi connectivity index (χ0v) is 28.1. The second kappa shape index (κ2) is 23.1. The van der Waals surface area contributed by atoms with E-state index in [2.05, 4.69) is 59.0 Å². The number of methoxy groups -OCH3 is 1. The first-order valence-electron chi connectivity index (χ1n) is 12.9. The van der Waals surface area contributed by atoms with Crippen LogP contribution in [0.3, 0.4) is 0 Å². The van der Waals surface area contributed by atoms with Gasteiger partial charge in [0.1, 0.15) is 11.5 Å². The molecule has 1 atom stereocenters. The van der Waals surface area contributed by atoms with Gasteiger partial charge >= 0.3 is 6.36 Å². The van der Waals surface area contributed by atoms with Crippen molar-refractivity contribution < 1.29 is 22.6 Å². The Bertz CT molecular complexity index is 1130. The first kappa shape index (κ1) is 40.7. The molecule has 0 fully saturated rings. The smallest absolute Gasteiger partial charge is 0.497 e. The maximum atomic E-state index is 11.7. The molecule has 0 bridgehead atoms. The molecule has 3 rings (SSSR count). The molecular formula is C33H44Cl2F3O2P. The van der Waals surface area contributed by atoms with E-state index in [0.29, 0.717) is 5.92 Å². The molecule has 0 aromatic heterocycles. The number of hydrogen-bond donors (Lipinski definition) is 0. The molecule has 1 unspecified atom stereocenters. The number of hydrogen-bond acceptors (Lipinski definition) is 2. The van der Waals surface area contributed by atoms with Crippen molar-refractivity contribution >= 4 is 32.4 Å². The van der Waals surface area contributed by atoms with Gasteiger partial charge in [-0.25, -0.2) is 0 Å². The van der Waals surface area contributed by atoms with Gasteiger partial charge in [-0.3, -0.25) is 0 Å². The summed E-state index contributed by atoms with van der Waals surface area (Å²) in [5.41, 5.74) is 4.84. The second-order valence-corrected chi connectivity index (χ2v) is 9.83. The molecule has 0 aliphatic heterocycles. The lowest BCUT2D eigenvalue weighted by atomic mass is 9.99. The molecule has 0 heterocycles. The molecule has 3 aromatic rings. The summed E-state index contributed by atoms with van der Waals surface area (Å²) in [7, 11) is 4.03. The number of alkyl halides is 3. The third-order valence-electron chi connectivity index (χ3n) is 4.91. The Morgan fingerprint density at radius 3 is 1.78 bits per heavy atom. The molecule has 0 spiro atoms. The molecular weight excluding hydrogens is 587 g/mol. The molecule has 228 valence electrons. The number of benzene rings is 3. The van der Waals surface area contributed by atoms with Gasteiger partial charge in [-0.2, -0.15) is 0 Å². The fourth-order valence-corrected chi connectivity index (χ4v) is 3.27. The van der Waals surface area contributed by atoms with E-state index >= 15 is 0 Å². The first-order chi connectivity index (χ1) is 19.2. The standard InChI is InChI=1S/C10H14.C8H7F3O.C7H11ClO.C7H7Cl.CH5P/c1-8(2)10-7-5-4-6-9(10)3;1-6-3-2-4-7(5-6)12-8(9,10)11;1-4-7(9-3)5-6(2)8;1-6-2-4-7(8)5-3-6;1-2/h4-8H,1-3H3;2-5H,1H3;4-5H,1-3H3;2-5H,1H3;2H2,1H3/b;;6-5+,7-4+;;. The quantitative estimate of drug-likeness (QED) is 0.162. The van der Waals surface area contributed by atoms with Gasteiger partial charge in [0.25, 0.3) is 0 Å². The summed E-state index contributed by atoms with van der Waals surface area (Å²) in [4.78, 5) is 0. The van der Waals surface area contributed by atoms with Crippen LogP contribution >= 0.6 is 32.4 Å². The van der Waals surface area contributed by atoms with Crippen molar-refractivity contribution in [1.82, 2.24) is 0 Å². The van der Waals surface area contributed by atoms with Crippen molar-refractivity contribution in [2.45, 2.75) is 60.7 Å². The van der Waals surface area contributed by atoms with Crippen LogP contribution in [0.25, 0.3) is 0 Å². The van der Waals surface area contributed by atoms with Crippen LogP contribution in [0.4, 0.5) is 13.2 Å². The fraction of sp³-hybridized carbons (Fsp3) is 0.333. The predicted octanol–water partition coefficient (Wildman–Crippen LogP) is 11.8. The van der Waals surface area contributed by atoms with Crippen LogP contribution < -0.4 is 4.74 Å². The Morgan fingerprint density at radius 2 is 1.44 bits per heavy atom. The molecule has 3 aromatic carbocycles. The molecule has 0 N–H and O–H groups in total. The third kappa shape index (κ3) is 22.9. The van der Waals surface area contributed by atoms with E-state index in [9.17, 15) is 13.2 Å². The van der Waals surface area contributed by atoms with E-state index < -0.39 is 6.36 Å².